The van der Waals surface area contributed by atoms with Crippen LogP contribution in [0.1, 0.15) is 18.5 Å². The average molecular weight is 372 g/mol. The van der Waals surface area contributed by atoms with Gasteiger partial charge in [-0.3, -0.25) is 0 Å². The molecule has 0 bridgehead atoms. The highest BCUT2D eigenvalue weighted by atomic mass is 32.1. The molecule has 0 radical (unpaired) electrons. The van der Waals surface area contributed by atoms with E-state index in [0.29, 0.717) is 5.11 Å². The minimum atomic E-state index is 0.118. The van der Waals surface area contributed by atoms with E-state index in [1.54, 1.807) is 7.11 Å². The molecule has 138 valence electrons. The van der Waals surface area contributed by atoms with Crippen molar-refractivity contribution in [2.45, 2.75) is 13.0 Å². The molecule has 5 nitrogen and oxygen atoms in total. The predicted molar refractivity (Wildman–Crippen MR) is 110 cm³/mol. The van der Waals surface area contributed by atoms with Crippen molar-refractivity contribution >= 4 is 28.7 Å². The summed E-state index contributed by atoms with van der Waals surface area (Å²) in [5.74, 6) is 0.822. The van der Waals surface area contributed by atoms with Gasteiger partial charge in [0.05, 0.1) is 26.4 Å². The third kappa shape index (κ3) is 4.86. The molecule has 1 fully saturated rings. The number of thiocarbonyl (C=S) groups is 1. The van der Waals surface area contributed by atoms with Gasteiger partial charge in [0, 0.05) is 24.5 Å². The van der Waals surface area contributed by atoms with Gasteiger partial charge in [-0.05, 0) is 61.1 Å². The van der Waals surface area contributed by atoms with Crippen LogP contribution in [0.2, 0.25) is 0 Å². The number of morpholine rings is 1. The Morgan fingerprint density at radius 1 is 1.08 bits per heavy atom. The third-order valence-corrected chi connectivity index (χ3v) is 4.68. The maximum atomic E-state index is 5.43. The summed E-state index contributed by atoms with van der Waals surface area (Å²) in [5.41, 5.74) is 3.36. The Balaban J connectivity index is 1.54. The molecule has 0 spiro atoms. The lowest BCUT2D eigenvalue weighted by molar-refractivity contribution is 0.122. The molecule has 2 aromatic carbocycles. The molecular formula is C20H25N3O2S. The SMILES string of the molecule is COc1ccc(NC(=S)NC(C)c2ccc(N3CCOCC3)cc2)cc1. The first-order valence-electron chi connectivity index (χ1n) is 8.80. The largest absolute Gasteiger partial charge is 0.497 e. The Kier molecular flexibility index (Phi) is 6.30. The van der Waals surface area contributed by atoms with Crippen molar-refractivity contribution < 1.29 is 9.47 Å². The first-order valence-corrected chi connectivity index (χ1v) is 9.21. The molecule has 1 heterocycles. The summed E-state index contributed by atoms with van der Waals surface area (Å²) in [7, 11) is 1.65. The van der Waals surface area contributed by atoms with Gasteiger partial charge in [-0.1, -0.05) is 12.1 Å². The van der Waals surface area contributed by atoms with Crippen molar-refractivity contribution in [3.63, 3.8) is 0 Å². The van der Waals surface area contributed by atoms with E-state index in [1.807, 2.05) is 24.3 Å². The molecule has 0 amide bonds. The fourth-order valence-electron chi connectivity index (χ4n) is 2.92. The maximum Gasteiger partial charge on any atom is 0.171 e. The van der Waals surface area contributed by atoms with Gasteiger partial charge in [0.2, 0.25) is 0 Å². The molecule has 2 aromatic rings. The first kappa shape index (κ1) is 18.5. The predicted octanol–water partition coefficient (Wildman–Crippen LogP) is 3.58. The van der Waals surface area contributed by atoms with Crippen LogP contribution in [0.3, 0.4) is 0 Å². The molecule has 0 saturated carbocycles. The fourth-order valence-corrected chi connectivity index (χ4v) is 3.21. The number of hydrogen-bond acceptors (Lipinski definition) is 4. The lowest BCUT2D eigenvalue weighted by atomic mass is 10.1. The van der Waals surface area contributed by atoms with Crippen molar-refractivity contribution in [3.05, 3.63) is 54.1 Å². The number of benzene rings is 2. The van der Waals surface area contributed by atoms with Crippen LogP contribution < -0.4 is 20.3 Å². The standard InChI is InChI=1S/C20H25N3O2S/c1-15(21-20(26)22-17-5-9-19(24-2)10-6-17)16-3-7-18(8-4-16)23-11-13-25-14-12-23/h3-10,15H,11-14H2,1-2H3,(H2,21,22,26). The van der Waals surface area contributed by atoms with Crippen LogP contribution >= 0.6 is 12.2 Å². The Morgan fingerprint density at radius 2 is 1.73 bits per heavy atom. The quantitative estimate of drug-likeness (QED) is 0.784. The van der Waals surface area contributed by atoms with E-state index in [2.05, 4.69) is 46.7 Å². The van der Waals surface area contributed by atoms with Crippen LogP contribution in [0, 0.1) is 0 Å². The summed E-state index contributed by atoms with van der Waals surface area (Å²) in [6.07, 6.45) is 0. The molecule has 3 rings (SSSR count). The highest BCUT2D eigenvalue weighted by Crippen LogP contribution is 2.20. The van der Waals surface area contributed by atoms with E-state index in [0.717, 1.165) is 37.7 Å². The Labute approximate surface area is 160 Å². The van der Waals surface area contributed by atoms with Gasteiger partial charge in [0.25, 0.3) is 0 Å². The van der Waals surface area contributed by atoms with E-state index in [9.17, 15) is 0 Å². The van der Waals surface area contributed by atoms with Gasteiger partial charge in [0.15, 0.2) is 5.11 Å². The molecule has 26 heavy (non-hydrogen) atoms. The number of ether oxygens (including phenoxy) is 2. The number of rotatable bonds is 5. The molecular weight excluding hydrogens is 346 g/mol. The van der Waals surface area contributed by atoms with E-state index in [1.165, 1.54) is 11.3 Å². The number of anilines is 2. The second-order valence-corrected chi connectivity index (χ2v) is 6.65. The molecule has 0 aliphatic carbocycles. The Hall–Kier alpha value is -2.31. The van der Waals surface area contributed by atoms with Gasteiger partial charge in [-0.2, -0.15) is 0 Å². The van der Waals surface area contributed by atoms with Gasteiger partial charge in [-0.25, -0.2) is 0 Å². The highest BCUT2D eigenvalue weighted by Gasteiger charge is 2.12. The number of hydrogen-bond donors (Lipinski definition) is 2. The van der Waals surface area contributed by atoms with Gasteiger partial charge in [0.1, 0.15) is 5.75 Å². The smallest absolute Gasteiger partial charge is 0.171 e. The lowest BCUT2D eigenvalue weighted by Gasteiger charge is -2.29. The summed E-state index contributed by atoms with van der Waals surface area (Å²) >= 11 is 5.43. The summed E-state index contributed by atoms with van der Waals surface area (Å²) in [4.78, 5) is 2.35. The van der Waals surface area contributed by atoms with Crippen molar-refractivity contribution in [1.29, 1.82) is 0 Å². The van der Waals surface area contributed by atoms with E-state index >= 15 is 0 Å². The molecule has 6 heteroatoms. The molecule has 1 aliphatic heterocycles. The van der Waals surface area contributed by atoms with E-state index < -0.39 is 0 Å². The topological polar surface area (TPSA) is 45.8 Å². The monoisotopic (exact) mass is 371 g/mol. The van der Waals surface area contributed by atoms with Crippen LogP contribution in [-0.4, -0.2) is 38.5 Å². The average Bonchev–Trinajstić information content (AvgIpc) is 2.69. The molecule has 1 atom stereocenters. The normalized spacial score (nSPS) is 15.2. The summed E-state index contributed by atoms with van der Waals surface area (Å²) in [6, 6.07) is 16.4. The van der Waals surface area contributed by atoms with Crippen molar-refractivity contribution in [2.75, 3.05) is 43.6 Å². The van der Waals surface area contributed by atoms with E-state index in [-0.39, 0.29) is 6.04 Å². The second-order valence-electron chi connectivity index (χ2n) is 6.24. The van der Waals surface area contributed by atoms with Crippen molar-refractivity contribution in [3.8, 4) is 5.75 Å². The zero-order valence-corrected chi connectivity index (χ0v) is 16.0. The van der Waals surface area contributed by atoms with Crippen molar-refractivity contribution in [2.24, 2.45) is 0 Å². The second kappa shape index (κ2) is 8.87. The number of nitrogens with one attached hydrogen (secondary N) is 2. The van der Waals surface area contributed by atoms with Gasteiger partial charge < -0.3 is 25.0 Å². The van der Waals surface area contributed by atoms with Crippen LogP contribution in [0.25, 0.3) is 0 Å². The molecule has 1 aliphatic rings. The lowest BCUT2D eigenvalue weighted by Crippen LogP contribution is -2.36. The summed E-state index contributed by atoms with van der Waals surface area (Å²) in [6.45, 7) is 5.59. The highest BCUT2D eigenvalue weighted by molar-refractivity contribution is 7.80. The summed E-state index contributed by atoms with van der Waals surface area (Å²) in [5, 5.41) is 7.12. The van der Waals surface area contributed by atoms with E-state index in [4.69, 9.17) is 21.7 Å². The van der Waals surface area contributed by atoms with Crippen LogP contribution in [0.15, 0.2) is 48.5 Å². The van der Waals surface area contributed by atoms with Crippen LogP contribution in [0.4, 0.5) is 11.4 Å². The van der Waals surface area contributed by atoms with Crippen LogP contribution in [-0.2, 0) is 4.74 Å². The van der Waals surface area contributed by atoms with Crippen LogP contribution in [0.5, 0.6) is 5.75 Å². The minimum Gasteiger partial charge on any atom is -0.497 e. The minimum absolute atomic E-state index is 0.118. The molecule has 0 aromatic heterocycles. The van der Waals surface area contributed by atoms with Gasteiger partial charge in [-0.15, -0.1) is 0 Å². The van der Waals surface area contributed by atoms with Gasteiger partial charge >= 0.3 is 0 Å². The first-order chi connectivity index (χ1) is 12.7. The zero-order valence-electron chi connectivity index (χ0n) is 15.2. The zero-order chi connectivity index (χ0) is 18.4. The molecule has 2 N–H and O–H groups in total. The number of nitrogens with zero attached hydrogens (tertiary/aromatic N) is 1. The molecule has 1 unspecified atom stereocenters. The third-order valence-electron chi connectivity index (χ3n) is 4.46. The Bertz CT molecular complexity index is 713. The number of methoxy groups -OCH3 is 1. The Morgan fingerprint density at radius 3 is 2.35 bits per heavy atom. The fraction of sp³-hybridized carbons (Fsp3) is 0.350. The summed E-state index contributed by atoms with van der Waals surface area (Å²) < 4.78 is 10.6. The maximum absolute atomic E-state index is 5.43. The van der Waals surface area contributed by atoms with Crippen molar-refractivity contribution in [1.82, 2.24) is 5.32 Å². The molecule has 1 saturated heterocycles.